The van der Waals surface area contributed by atoms with E-state index in [1.807, 2.05) is 0 Å². The highest BCUT2D eigenvalue weighted by atomic mass is 16.5. The molecule has 1 aromatic heterocycles. The van der Waals surface area contributed by atoms with Gasteiger partial charge in [-0.3, -0.25) is 0 Å². The number of aryl methyl sites for hydroxylation is 1. The molecule has 5 heteroatoms. The van der Waals surface area contributed by atoms with Crippen LogP contribution in [0, 0.1) is 12.8 Å². The lowest BCUT2D eigenvalue weighted by Crippen LogP contribution is -2.25. The van der Waals surface area contributed by atoms with Gasteiger partial charge in [0.25, 0.3) is 0 Å². The normalized spacial score (nSPS) is 23.7. The Labute approximate surface area is 106 Å². The van der Waals surface area contributed by atoms with E-state index in [0.29, 0.717) is 11.6 Å². The van der Waals surface area contributed by atoms with Gasteiger partial charge in [-0.2, -0.15) is 4.98 Å². The van der Waals surface area contributed by atoms with Crippen LogP contribution in [0.2, 0.25) is 0 Å². The van der Waals surface area contributed by atoms with E-state index in [0.717, 1.165) is 19.3 Å². The van der Waals surface area contributed by atoms with Crippen LogP contribution in [0.4, 0.5) is 0 Å². The Balaban J connectivity index is 2.05. The smallest absolute Gasteiger partial charge is 0.339 e. The monoisotopic (exact) mass is 250 g/mol. The van der Waals surface area contributed by atoms with Crippen molar-refractivity contribution in [1.29, 1.82) is 0 Å². The summed E-state index contributed by atoms with van der Waals surface area (Å²) < 4.78 is 5.73. The number of hydrogen-bond acceptors (Lipinski definition) is 4. The molecule has 0 amide bonds. The summed E-state index contributed by atoms with van der Waals surface area (Å²) in [4.78, 5) is 18.9. The third-order valence-electron chi connectivity index (χ3n) is 3.35. The van der Waals surface area contributed by atoms with Crippen molar-refractivity contribution < 1.29 is 14.6 Å². The molecule has 18 heavy (non-hydrogen) atoms. The largest absolute Gasteiger partial charge is 0.478 e. The Hall–Kier alpha value is -1.65. The molecule has 98 valence electrons. The van der Waals surface area contributed by atoms with Crippen LogP contribution in [0.1, 0.15) is 48.7 Å². The van der Waals surface area contributed by atoms with Gasteiger partial charge in [0, 0.05) is 6.20 Å². The standard InChI is InChI=1S/C13H18N2O3/c1-8-4-3-5-10(6-8)18-13-14-7-11(12(16)17)9(2)15-13/h7-8,10H,3-6H2,1-2H3,(H,16,17). The molecule has 0 radical (unpaired) electrons. The highest BCUT2D eigenvalue weighted by Gasteiger charge is 2.21. The third kappa shape index (κ3) is 2.97. The number of carbonyl (C=O) groups is 1. The summed E-state index contributed by atoms with van der Waals surface area (Å²) in [6.07, 6.45) is 5.92. The van der Waals surface area contributed by atoms with Gasteiger partial charge in [0.05, 0.1) is 11.3 Å². The van der Waals surface area contributed by atoms with Crippen LogP contribution in [0.25, 0.3) is 0 Å². The van der Waals surface area contributed by atoms with Crippen molar-refractivity contribution in [2.24, 2.45) is 5.92 Å². The third-order valence-corrected chi connectivity index (χ3v) is 3.35. The maximum absolute atomic E-state index is 10.8. The zero-order valence-corrected chi connectivity index (χ0v) is 10.7. The number of carboxylic acid groups (broad SMARTS) is 1. The molecule has 0 bridgehead atoms. The summed E-state index contributed by atoms with van der Waals surface area (Å²) in [5.74, 6) is -0.339. The van der Waals surface area contributed by atoms with Crippen LogP contribution in [-0.2, 0) is 0 Å². The van der Waals surface area contributed by atoms with Crippen molar-refractivity contribution in [3.8, 4) is 6.01 Å². The number of rotatable bonds is 3. The number of aromatic nitrogens is 2. The molecule has 5 nitrogen and oxygen atoms in total. The van der Waals surface area contributed by atoms with Gasteiger partial charge in [-0.25, -0.2) is 9.78 Å². The summed E-state index contributed by atoms with van der Waals surface area (Å²) in [6, 6.07) is 0.289. The fraction of sp³-hybridized carbons (Fsp3) is 0.615. The molecule has 0 spiro atoms. The molecule has 1 aromatic rings. The first-order valence-corrected chi connectivity index (χ1v) is 6.30. The first-order chi connectivity index (χ1) is 8.56. The van der Waals surface area contributed by atoms with Crippen LogP contribution < -0.4 is 4.74 Å². The molecule has 1 N–H and O–H groups in total. The van der Waals surface area contributed by atoms with E-state index < -0.39 is 5.97 Å². The number of hydrogen-bond donors (Lipinski definition) is 1. The van der Waals surface area contributed by atoms with Crippen molar-refractivity contribution in [3.63, 3.8) is 0 Å². The van der Waals surface area contributed by atoms with E-state index in [-0.39, 0.29) is 17.7 Å². The topological polar surface area (TPSA) is 72.3 Å². The Morgan fingerprint density at radius 1 is 1.50 bits per heavy atom. The van der Waals surface area contributed by atoms with Crippen molar-refractivity contribution in [3.05, 3.63) is 17.5 Å². The van der Waals surface area contributed by atoms with Gasteiger partial charge in [-0.15, -0.1) is 0 Å². The lowest BCUT2D eigenvalue weighted by Gasteiger charge is -2.26. The van der Waals surface area contributed by atoms with E-state index in [4.69, 9.17) is 9.84 Å². The second kappa shape index (κ2) is 5.33. The number of aromatic carboxylic acids is 1. The van der Waals surface area contributed by atoms with E-state index in [9.17, 15) is 4.79 Å². The average molecular weight is 250 g/mol. The van der Waals surface area contributed by atoms with E-state index in [1.165, 1.54) is 12.6 Å². The Morgan fingerprint density at radius 3 is 2.89 bits per heavy atom. The molecule has 1 saturated carbocycles. The molecule has 0 saturated heterocycles. The SMILES string of the molecule is Cc1nc(OC2CCCC(C)C2)ncc1C(=O)O. The fourth-order valence-corrected chi connectivity index (χ4v) is 2.35. The Morgan fingerprint density at radius 2 is 2.28 bits per heavy atom. The van der Waals surface area contributed by atoms with Crippen LogP contribution in [0.15, 0.2) is 6.20 Å². The number of nitrogens with zero attached hydrogens (tertiary/aromatic N) is 2. The zero-order chi connectivity index (χ0) is 13.1. The molecule has 0 aliphatic heterocycles. The van der Waals surface area contributed by atoms with E-state index in [2.05, 4.69) is 16.9 Å². The zero-order valence-electron chi connectivity index (χ0n) is 10.7. The Kier molecular flexibility index (Phi) is 3.79. The number of ether oxygens (including phenoxy) is 1. The van der Waals surface area contributed by atoms with Gasteiger partial charge in [-0.1, -0.05) is 13.3 Å². The molecule has 2 rings (SSSR count). The van der Waals surface area contributed by atoms with E-state index >= 15 is 0 Å². The maximum Gasteiger partial charge on any atom is 0.339 e. The van der Waals surface area contributed by atoms with Crippen LogP contribution in [0.3, 0.4) is 0 Å². The molecule has 1 fully saturated rings. The molecule has 1 aliphatic rings. The minimum absolute atomic E-state index is 0.124. The predicted molar refractivity (Wildman–Crippen MR) is 65.8 cm³/mol. The first-order valence-electron chi connectivity index (χ1n) is 6.30. The number of carboxylic acids is 1. The van der Waals surface area contributed by atoms with Crippen molar-refractivity contribution in [1.82, 2.24) is 9.97 Å². The first kappa shape index (κ1) is 12.8. The molecule has 2 unspecified atom stereocenters. The van der Waals surface area contributed by atoms with Gasteiger partial charge >= 0.3 is 12.0 Å². The minimum atomic E-state index is -1.01. The lowest BCUT2D eigenvalue weighted by molar-refractivity contribution is 0.0694. The van der Waals surface area contributed by atoms with Crippen LogP contribution >= 0.6 is 0 Å². The molecule has 1 aliphatic carbocycles. The van der Waals surface area contributed by atoms with Crippen molar-refractivity contribution >= 4 is 5.97 Å². The van der Waals surface area contributed by atoms with Crippen molar-refractivity contribution in [2.45, 2.75) is 45.6 Å². The summed E-state index contributed by atoms with van der Waals surface area (Å²) in [7, 11) is 0. The summed E-state index contributed by atoms with van der Waals surface area (Å²) >= 11 is 0. The molecule has 0 aromatic carbocycles. The second-order valence-electron chi connectivity index (χ2n) is 4.97. The average Bonchev–Trinajstić information content (AvgIpc) is 2.28. The molecular weight excluding hydrogens is 232 g/mol. The summed E-state index contributed by atoms with van der Waals surface area (Å²) in [5, 5.41) is 8.89. The van der Waals surface area contributed by atoms with Crippen LogP contribution in [-0.4, -0.2) is 27.1 Å². The fourth-order valence-electron chi connectivity index (χ4n) is 2.35. The minimum Gasteiger partial charge on any atom is -0.478 e. The van der Waals surface area contributed by atoms with E-state index in [1.54, 1.807) is 6.92 Å². The quantitative estimate of drug-likeness (QED) is 0.892. The van der Waals surface area contributed by atoms with Gasteiger partial charge in [0.15, 0.2) is 0 Å². The van der Waals surface area contributed by atoms with Crippen molar-refractivity contribution in [2.75, 3.05) is 0 Å². The van der Waals surface area contributed by atoms with Gasteiger partial charge in [0.2, 0.25) is 0 Å². The molecule has 1 heterocycles. The highest BCUT2D eigenvalue weighted by Crippen LogP contribution is 2.26. The van der Waals surface area contributed by atoms with Crippen LogP contribution in [0.5, 0.6) is 6.01 Å². The highest BCUT2D eigenvalue weighted by molar-refractivity contribution is 5.88. The maximum atomic E-state index is 10.8. The van der Waals surface area contributed by atoms with Gasteiger partial charge < -0.3 is 9.84 Å². The van der Waals surface area contributed by atoms with Gasteiger partial charge in [0.1, 0.15) is 6.10 Å². The van der Waals surface area contributed by atoms with Gasteiger partial charge in [-0.05, 0) is 32.1 Å². The summed E-state index contributed by atoms with van der Waals surface area (Å²) in [5.41, 5.74) is 0.565. The Bertz CT molecular complexity index is 448. The second-order valence-corrected chi connectivity index (χ2v) is 4.97. The molecular formula is C13H18N2O3. The predicted octanol–water partition coefficient (Wildman–Crippen LogP) is 2.44. The summed E-state index contributed by atoms with van der Waals surface area (Å²) in [6.45, 7) is 3.87. The molecule has 2 atom stereocenters. The lowest BCUT2D eigenvalue weighted by atomic mass is 9.89.